The molecule has 0 bridgehead atoms. The lowest BCUT2D eigenvalue weighted by Gasteiger charge is -2.26. The van der Waals surface area contributed by atoms with Crippen LogP contribution in [0.1, 0.15) is 56.1 Å². The van der Waals surface area contributed by atoms with Gasteiger partial charge in [0.1, 0.15) is 0 Å². The van der Waals surface area contributed by atoms with E-state index in [9.17, 15) is 0 Å². The van der Waals surface area contributed by atoms with E-state index in [1.54, 1.807) is 0 Å². The van der Waals surface area contributed by atoms with E-state index in [0.29, 0.717) is 12.1 Å². The zero-order valence-electron chi connectivity index (χ0n) is 12.0. The molecule has 2 rings (SSSR count). The molecule has 0 saturated carbocycles. The molecule has 4 heteroatoms. The molecule has 0 aliphatic carbocycles. The summed E-state index contributed by atoms with van der Waals surface area (Å²) >= 11 is 1.86. The predicted octanol–water partition coefficient (Wildman–Crippen LogP) is 3.50. The zero-order chi connectivity index (χ0) is 13.1. The number of hydrogen-bond donors (Lipinski definition) is 1. The number of nitrogens with one attached hydrogen (secondary N) is 1. The van der Waals surface area contributed by atoms with Crippen LogP contribution in [0.4, 0.5) is 5.13 Å². The molecule has 102 valence electrons. The van der Waals surface area contributed by atoms with Gasteiger partial charge in [-0.05, 0) is 40.7 Å². The molecule has 2 unspecified atom stereocenters. The molecule has 1 aliphatic heterocycles. The first-order chi connectivity index (χ1) is 8.63. The maximum Gasteiger partial charge on any atom is 0.186 e. The third-order valence-electron chi connectivity index (χ3n) is 3.95. The highest BCUT2D eigenvalue weighted by molar-refractivity contribution is 7.15. The molecule has 1 aromatic heterocycles. The van der Waals surface area contributed by atoms with Gasteiger partial charge in [-0.25, -0.2) is 4.98 Å². The molecule has 3 nitrogen and oxygen atoms in total. The number of thiazole rings is 1. The van der Waals surface area contributed by atoms with E-state index in [4.69, 9.17) is 4.98 Å². The van der Waals surface area contributed by atoms with Gasteiger partial charge in [-0.3, -0.25) is 0 Å². The molecule has 0 radical (unpaired) electrons. The molecule has 0 spiro atoms. The number of aromatic nitrogens is 1. The van der Waals surface area contributed by atoms with E-state index >= 15 is 0 Å². The largest absolute Gasteiger partial charge is 0.345 e. The first kappa shape index (κ1) is 13.8. The summed E-state index contributed by atoms with van der Waals surface area (Å²) in [7, 11) is 2.01. The predicted molar refractivity (Wildman–Crippen MR) is 79.6 cm³/mol. The van der Waals surface area contributed by atoms with Crippen molar-refractivity contribution in [3.8, 4) is 0 Å². The van der Waals surface area contributed by atoms with Crippen LogP contribution in [0.25, 0.3) is 0 Å². The number of nitrogens with zero attached hydrogens (tertiary/aromatic N) is 2. The second kappa shape index (κ2) is 6.02. The smallest absolute Gasteiger partial charge is 0.186 e. The summed E-state index contributed by atoms with van der Waals surface area (Å²) in [6.07, 6.45) is 5.34. The van der Waals surface area contributed by atoms with Crippen molar-refractivity contribution in [3.63, 3.8) is 0 Å². The van der Waals surface area contributed by atoms with Crippen LogP contribution >= 0.6 is 11.3 Å². The van der Waals surface area contributed by atoms with Crippen LogP contribution < -0.4 is 10.2 Å². The number of anilines is 1. The van der Waals surface area contributed by atoms with Crippen molar-refractivity contribution in [1.82, 2.24) is 10.3 Å². The highest BCUT2D eigenvalue weighted by atomic mass is 32.1. The normalized spacial score (nSPS) is 22.9. The number of aryl methyl sites for hydroxylation is 1. The van der Waals surface area contributed by atoms with Crippen molar-refractivity contribution >= 4 is 16.5 Å². The Morgan fingerprint density at radius 3 is 2.89 bits per heavy atom. The monoisotopic (exact) mass is 267 g/mol. The molecule has 1 fully saturated rings. The molecule has 2 heterocycles. The lowest BCUT2D eigenvalue weighted by Crippen LogP contribution is -2.32. The van der Waals surface area contributed by atoms with E-state index < -0.39 is 0 Å². The van der Waals surface area contributed by atoms with Crippen LogP contribution in [0.3, 0.4) is 0 Å². The fourth-order valence-electron chi connectivity index (χ4n) is 2.61. The van der Waals surface area contributed by atoms with Crippen molar-refractivity contribution in [2.45, 2.75) is 58.5 Å². The minimum absolute atomic E-state index is 0.401. The molecule has 1 aromatic rings. The first-order valence-electron chi connectivity index (χ1n) is 7.04. The highest BCUT2D eigenvalue weighted by Gasteiger charge is 2.22. The third kappa shape index (κ3) is 2.86. The minimum atomic E-state index is 0.401. The van der Waals surface area contributed by atoms with E-state index in [0.717, 1.165) is 0 Å². The summed E-state index contributed by atoms with van der Waals surface area (Å²) in [6.45, 7) is 7.84. The van der Waals surface area contributed by atoms with E-state index in [-0.39, 0.29) is 0 Å². The Morgan fingerprint density at radius 2 is 2.17 bits per heavy atom. The van der Waals surface area contributed by atoms with Gasteiger partial charge in [0, 0.05) is 23.5 Å². The average molecular weight is 267 g/mol. The molecular formula is C14H25N3S. The molecule has 1 N–H and O–H groups in total. The van der Waals surface area contributed by atoms with Gasteiger partial charge in [0.25, 0.3) is 0 Å². The summed E-state index contributed by atoms with van der Waals surface area (Å²) in [4.78, 5) is 8.69. The Balaban J connectivity index is 2.21. The zero-order valence-corrected chi connectivity index (χ0v) is 12.8. The lowest BCUT2D eigenvalue weighted by atomic mass is 10.1. The van der Waals surface area contributed by atoms with Crippen LogP contribution in [0.2, 0.25) is 0 Å². The van der Waals surface area contributed by atoms with Gasteiger partial charge in [-0.15, -0.1) is 11.3 Å². The Hall–Kier alpha value is -0.610. The second-order valence-electron chi connectivity index (χ2n) is 5.35. The molecular weight excluding hydrogens is 242 g/mol. The Bertz CT molecular complexity index is 388. The summed E-state index contributed by atoms with van der Waals surface area (Å²) < 4.78 is 0. The van der Waals surface area contributed by atoms with Crippen molar-refractivity contribution in [2.75, 3.05) is 18.5 Å². The first-order valence-corrected chi connectivity index (χ1v) is 7.86. The fraction of sp³-hybridized carbons (Fsp3) is 0.786. The van der Waals surface area contributed by atoms with Crippen molar-refractivity contribution in [3.05, 3.63) is 10.6 Å². The molecule has 0 amide bonds. The van der Waals surface area contributed by atoms with Crippen LogP contribution in [0.15, 0.2) is 0 Å². The van der Waals surface area contributed by atoms with Crippen LogP contribution in [-0.2, 0) is 0 Å². The van der Waals surface area contributed by atoms with Gasteiger partial charge in [-0.2, -0.15) is 0 Å². The third-order valence-corrected chi connectivity index (χ3v) is 5.32. The van der Waals surface area contributed by atoms with E-state index in [1.165, 1.54) is 47.9 Å². The molecule has 18 heavy (non-hydrogen) atoms. The molecule has 0 aromatic carbocycles. The van der Waals surface area contributed by atoms with Gasteiger partial charge in [0.05, 0.1) is 5.69 Å². The average Bonchev–Trinajstić information content (AvgIpc) is 2.60. The van der Waals surface area contributed by atoms with E-state index in [1.807, 2.05) is 18.4 Å². The van der Waals surface area contributed by atoms with Crippen molar-refractivity contribution in [1.29, 1.82) is 0 Å². The Morgan fingerprint density at radius 1 is 1.39 bits per heavy atom. The van der Waals surface area contributed by atoms with Crippen molar-refractivity contribution < 1.29 is 0 Å². The van der Waals surface area contributed by atoms with Crippen LogP contribution in [0, 0.1) is 6.92 Å². The second-order valence-corrected chi connectivity index (χ2v) is 6.36. The molecule has 1 saturated heterocycles. The lowest BCUT2D eigenvalue weighted by molar-refractivity contribution is 0.614. The van der Waals surface area contributed by atoms with Gasteiger partial charge in [0.15, 0.2) is 5.13 Å². The summed E-state index contributed by atoms with van der Waals surface area (Å²) in [5.74, 6) is 0. The standard InChI is InChI=1S/C14H25N3S/c1-10-8-6-5-7-9-17(10)14-16-12(3)13(18-14)11(2)15-4/h10-11,15H,5-9H2,1-4H3. The van der Waals surface area contributed by atoms with Gasteiger partial charge in [-0.1, -0.05) is 12.8 Å². The van der Waals surface area contributed by atoms with Gasteiger partial charge >= 0.3 is 0 Å². The SMILES string of the molecule is CNC(C)c1sc(N2CCCCCC2C)nc1C. The summed E-state index contributed by atoms with van der Waals surface area (Å²) in [5.41, 5.74) is 1.19. The fourth-order valence-corrected chi connectivity index (χ4v) is 3.86. The quantitative estimate of drug-likeness (QED) is 0.908. The van der Waals surface area contributed by atoms with E-state index in [2.05, 4.69) is 31.0 Å². The van der Waals surface area contributed by atoms with Crippen LogP contribution in [0.5, 0.6) is 0 Å². The summed E-state index contributed by atoms with van der Waals surface area (Å²) in [6, 6.07) is 1.04. The highest BCUT2D eigenvalue weighted by Crippen LogP contribution is 2.33. The number of rotatable bonds is 3. The van der Waals surface area contributed by atoms with Gasteiger partial charge < -0.3 is 10.2 Å². The number of hydrogen-bond acceptors (Lipinski definition) is 4. The summed E-state index contributed by atoms with van der Waals surface area (Å²) in [5, 5.41) is 4.54. The Kier molecular flexibility index (Phi) is 4.62. The maximum atomic E-state index is 4.80. The van der Waals surface area contributed by atoms with Crippen molar-refractivity contribution in [2.24, 2.45) is 0 Å². The maximum absolute atomic E-state index is 4.80. The topological polar surface area (TPSA) is 28.2 Å². The molecule has 2 atom stereocenters. The van der Waals surface area contributed by atoms with Crippen LogP contribution in [-0.4, -0.2) is 24.6 Å². The molecule has 1 aliphatic rings. The van der Waals surface area contributed by atoms with Gasteiger partial charge in [0.2, 0.25) is 0 Å². The minimum Gasteiger partial charge on any atom is -0.345 e. The Labute approximate surface area is 115 Å².